The third-order valence-corrected chi connectivity index (χ3v) is 5.36. The molecule has 2 atom stereocenters. The van der Waals surface area contributed by atoms with E-state index >= 15 is 0 Å². The minimum atomic E-state index is -0.146. The average molecular weight is 344 g/mol. The molecule has 2 heterocycles. The molecule has 0 radical (unpaired) electrons. The molecule has 1 aromatic carbocycles. The van der Waals surface area contributed by atoms with E-state index in [2.05, 4.69) is 21.6 Å². The molecule has 1 aromatic heterocycles. The standard InChI is InChI=1S/C18H24N4O3/c1-22-16(20-21-18(22)23)9-12-5-2-3-7-14(12)19-10-13-6-4-8-15-17(13)25-11-24-15/h4,6,8,12,14,19H,2-3,5,7,9-11H2,1H3,(H,21,23)/t12-,14-/m1/s1. The van der Waals surface area contributed by atoms with E-state index in [9.17, 15) is 4.79 Å². The Morgan fingerprint density at radius 3 is 3.04 bits per heavy atom. The number of H-pyrrole nitrogens is 1. The van der Waals surface area contributed by atoms with Gasteiger partial charge in [-0.3, -0.25) is 4.57 Å². The fourth-order valence-electron chi connectivity index (χ4n) is 3.89. The fourth-order valence-corrected chi connectivity index (χ4v) is 3.89. The highest BCUT2D eigenvalue weighted by molar-refractivity contribution is 5.48. The Morgan fingerprint density at radius 1 is 1.32 bits per heavy atom. The summed E-state index contributed by atoms with van der Waals surface area (Å²) in [6.45, 7) is 1.05. The first-order valence-electron chi connectivity index (χ1n) is 8.93. The molecule has 1 aliphatic carbocycles. The molecule has 0 spiro atoms. The van der Waals surface area contributed by atoms with E-state index in [1.165, 1.54) is 12.8 Å². The van der Waals surface area contributed by atoms with E-state index in [1.54, 1.807) is 11.6 Å². The van der Waals surface area contributed by atoms with Gasteiger partial charge in [-0.1, -0.05) is 25.0 Å². The third-order valence-electron chi connectivity index (χ3n) is 5.36. The van der Waals surface area contributed by atoms with Crippen molar-refractivity contribution in [3.05, 3.63) is 40.1 Å². The highest BCUT2D eigenvalue weighted by Crippen LogP contribution is 2.35. The minimum absolute atomic E-state index is 0.146. The molecular weight excluding hydrogens is 320 g/mol. The van der Waals surface area contributed by atoms with Crippen molar-refractivity contribution < 1.29 is 9.47 Å². The lowest BCUT2D eigenvalue weighted by Crippen LogP contribution is -2.39. The van der Waals surface area contributed by atoms with Crippen LogP contribution in [0.3, 0.4) is 0 Å². The molecule has 0 saturated heterocycles. The molecule has 2 aliphatic rings. The average Bonchev–Trinajstić information content (AvgIpc) is 3.23. The summed E-state index contributed by atoms with van der Waals surface area (Å²) in [5, 5.41) is 10.4. The molecule has 1 aliphatic heterocycles. The maximum Gasteiger partial charge on any atom is 0.343 e. The molecule has 2 aromatic rings. The van der Waals surface area contributed by atoms with E-state index in [4.69, 9.17) is 9.47 Å². The van der Waals surface area contributed by atoms with Crippen molar-refractivity contribution in [1.29, 1.82) is 0 Å². The monoisotopic (exact) mass is 344 g/mol. The van der Waals surface area contributed by atoms with Crippen LogP contribution in [0.4, 0.5) is 0 Å². The molecular formula is C18H24N4O3. The van der Waals surface area contributed by atoms with Crippen molar-refractivity contribution in [3.8, 4) is 11.5 Å². The molecule has 4 rings (SSSR count). The van der Waals surface area contributed by atoms with E-state index in [0.717, 1.165) is 48.7 Å². The van der Waals surface area contributed by atoms with Crippen molar-refractivity contribution >= 4 is 0 Å². The highest BCUT2D eigenvalue weighted by atomic mass is 16.7. The normalized spacial score (nSPS) is 22.3. The van der Waals surface area contributed by atoms with Gasteiger partial charge < -0.3 is 14.8 Å². The molecule has 134 valence electrons. The van der Waals surface area contributed by atoms with Gasteiger partial charge in [0.15, 0.2) is 11.5 Å². The SMILES string of the molecule is Cn1c(C[C@H]2CCCC[C@H]2NCc2cccc3c2OCO3)n[nH]c1=O. The van der Waals surface area contributed by atoms with Crippen LogP contribution >= 0.6 is 0 Å². The molecule has 1 fully saturated rings. The number of para-hydroxylation sites is 1. The summed E-state index contributed by atoms with van der Waals surface area (Å²) >= 11 is 0. The van der Waals surface area contributed by atoms with Crippen LogP contribution < -0.4 is 20.5 Å². The van der Waals surface area contributed by atoms with Gasteiger partial charge in [-0.05, 0) is 24.8 Å². The molecule has 7 nitrogen and oxygen atoms in total. The lowest BCUT2D eigenvalue weighted by Gasteiger charge is -2.32. The molecule has 0 bridgehead atoms. The number of hydrogen-bond donors (Lipinski definition) is 2. The Kier molecular flexibility index (Phi) is 4.48. The van der Waals surface area contributed by atoms with Crippen LogP contribution in [-0.4, -0.2) is 27.6 Å². The summed E-state index contributed by atoms with van der Waals surface area (Å²) in [4.78, 5) is 11.6. The van der Waals surface area contributed by atoms with Crippen LogP contribution in [0.5, 0.6) is 11.5 Å². The van der Waals surface area contributed by atoms with E-state index in [-0.39, 0.29) is 5.69 Å². The van der Waals surface area contributed by atoms with Gasteiger partial charge in [0.25, 0.3) is 0 Å². The zero-order chi connectivity index (χ0) is 17.2. The summed E-state index contributed by atoms with van der Waals surface area (Å²) in [5.41, 5.74) is 0.985. The quantitative estimate of drug-likeness (QED) is 0.863. The Morgan fingerprint density at radius 2 is 2.20 bits per heavy atom. The van der Waals surface area contributed by atoms with Crippen LogP contribution in [0.1, 0.15) is 37.1 Å². The van der Waals surface area contributed by atoms with Crippen LogP contribution in [0, 0.1) is 5.92 Å². The first-order valence-corrected chi connectivity index (χ1v) is 8.93. The smallest absolute Gasteiger partial charge is 0.343 e. The van der Waals surface area contributed by atoms with Crippen LogP contribution in [-0.2, 0) is 20.0 Å². The number of aromatic nitrogens is 3. The van der Waals surface area contributed by atoms with Gasteiger partial charge >= 0.3 is 5.69 Å². The summed E-state index contributed by atoms with van der Waals surface area (Å²) < 4.78 is 12.7. The largest absolute Gasteiger partial charge is 0.454 e. The minimum Gasteiger partial charge on any atom is -0.454 e. The second kappa shape index (κ2) is 6.92. The maximum atomic E-state index is 11.6. The summed E-state index contributed by atoms with van der Waals surface area (Å²) in [7, 11) is 1.77. The van der Waals surface area contributed by atoms with Crippen LogP contribution in [0.25, 0.3) is 0 Å². The van der Waals surface area contributed by atoms with Gasteiger partial charge in [-0.15, -0.1) is 0 Å². The molecule has 0 unspecified atom stereocenters. The van der Waals surface area contributed by atoms with Crippen molar-refractivity contribution in [1.82, 2.24) is 20.1 Å². The number of rotatable bonds is 5. The number of ether oxygens (including phenoxy) is 2. The van der Waals surface area contributed by atoms with E-state index in [1.807, 2.05) is 12.1 Å². The number of hydrogen-bond acceptors (Lipinski definition) is 5. The number of nitrogens with one attached hydrogen (secondary N) is 2. The van der Waals surface area contributed by atoms with Gasteiger partial charge in [0.1, 0.15) is 5.82 Å². The van der Waals surface area contributed by atoms with Gasteiger partial charge in [-0.2, -0.15) is 5.10 Å². The fraction of sp³-hybridized carbons (Fsp3) is 0.556. The Bertz CT molecular complexity index is 798. The lowest BCUT2D eigenvalue weighted by molar-refractivity contribution is 0.173. The van der Waals surface area contributed by atoms with E-state index < -0.39 is 0 Å². The van der Waals surface area contributed by atoms with Gasteiger partial charge in [-0.25, -0.2) is 9.89 Å². The molecule has 2 N–H and O–H groups in total. The first kappa shape index (κ1) is 16.2. The molecule has 1 saturated carbocycles. The predicted octanol–water partition coefficient (Wildman–Crippen LogP) is 1.73. The van der Waals surface area contributed by atoms with Crippen molar-refractivity contribution in [2.24, 2.45) is 13.0 Å². The molecule has 25 heavy (non-hydrogen) atoms. The van der Waals surface area contributed by atoms with Crippen LogP contribution in [0.2, 0.25) is 0 Å². The van der Waals surface area contributed by atoms with Crippen molar-refractivity contribution in [2.75, 3.05) is 6.79 Å². The lowest BCUT2D eigenvalue weighted by atomic mass is 9.82. The van der Waals surface area contributed by atoms with Gasteiger partial charge in [0.2, 0.25) is 6.79 Å². The molecule has 0 amide bonds. The number of benzene rings is 1. The van der Waals surface area contributed by atoms with E-state index in [0.29, 0.717) is 18.8 Å². The molecule has 7 heteroatoms. The van der Waals surface area contributed by atoms with Crippen molar-refractivity contribution in [3.63, 3.8) is 0 Å². The zero-order valence-electron chi connectivity index (χ0n) is 14.5. The van der Waals surface area contributed by atoms with Gasteiger partial charge in [0, 0.05) is 31.6 Å². The first-order chi connectivity index (χ1) is 12.2. The summed E-state index contributed by atoms with van der Waals surface area (Å²) in [6, 6.07) is 6.43. The maximum absolute atomic E-state index is 11.6. The Labute approximate surface area is 146 Å². The second-order valence-electron chi connectivity index (χ2n) is 6.89. The highest BCUT2D eigenvalue weighted by Gasteiger charge is 2.27. The third kappa shape index (κ3) is 3.28. The summed E-state index contributed by atoms with van der Waals surface area (Å²) in [6.07, 6.45) is 5.60. The van der Waals surface area contributed by atoms with Crippen LogP contribution in [0.15, 0.2) is 23.0 Å². The zero-order valence-corrected chi connectivity index (χ0v) is 14.5. The second-order valence-corrected chi connectivity index (χ2v) is 6.89. The predicted molar refractivity (Wildman–Crippen MR) is 92.7 cm³/mol. The number of nitrogens with zero attached hydrogens (tertiary/aromatic N) is 2. The van der Waals surface area contributed by atoms with Gasteiger partial charge in [0.05, 0.1) is 0 Å². The van der Waals surface area contributed by atoms with Crippen molar-refractivity contribution in [2.45, 2.75) is 44.7 Å². The number of fused-ring (bicyclic) bond motifs is 1. The summed E-state index contributed by atoms with van der Waals surface area (Å²) in [5.74, 6) is 3.00. The number of aromatic amines is 1. The topological polar surface area (TPSA) is 81.2 Å². The Hall–Kier alpha value is -2.28. The Balaban J connectivity index is 1.44.